The van der Waals surface area contributed by atoms with Gasteiger partial charge in [-0.25, -0.2) is 15.0 Å². The van der Waals surface area contributed by atoms with Crippen LogP contribution in [-0.4, -0.2) is 22.1 Å². The summed E-state index contributed by atoms with van der Waals surface area (Å²) < 4.78 is 18.2. The highest BCUT2D eigenvalue weighted by molar-refractivity contribution is 5.58. The molecule has 0 unspecified atom stereocenters. The average Bonchev–Trinajstić information content (AvgIpc) is 2.30. The molecule has 76 valence electrons. The Hall–Kier alpha value is -2.04. The van der Waals surface area contributed by atoms with E-state index in [-0.39, 0.29) is 0 Å². The van der Waals surface area contributed by atoms with Crippen LogP contribution in [0.25, 0.3) is 11.3 Å². The van der Waals surface area contributed by atoms with Crippen molar-refractivity contribution in [3.05, 3.63) is 36.7 Å². The minimum atomic E-state index is -0.557. The fourth-order valence-electron chi connectivity index (χ4n) is 1.18. The van der Waals surface area contributed by atoms with Crippen LogP contribution in [0.3, 0.4) is 0 Å². The Kier molecular flexibility index (Phi) is 2.53. The molecule has 0 saturated carbocycles. The summed E-state index contributed by atoms with van der Waals surface area (Å²) in [5.41, 5.74) is 0.783. The number of aromatic nitrogens is 3. The minimum absolute atomic E-state index is 0.332. The lowest BCUT2D eigenvalue weighted by atomic mass is 10.2. The molecule has 15 heavy (non-hydrogen) atoms. The first-order valence-electron chi connectivity index (χ1n) is 4.28. The number of hydrogen-bond acceptors (Lipinski definition) is 4. The van der Waals surface area contributed by atoms with Gasteiger partial charge in [-0.05, 0) is 12.1 Å². The summed E-state index contributed by atoms with van der Waals surface area (Å²) in [6, 6.07) is 4.80. The first kappa shape index (κ1) is 9.51. The van der Waals surface area contributed by atoms with Gasteiger partial charge in [-0.3, -0.25) is 0 Å². The van der Waals surface area contributed by atoms with Gasteiger partial charge in [-0.1, -0.05) is 0 Å². The third-order valence-electron chi connectivity index (χ3n) is 1.89. The maximum Gasteiger partial charge on any atom is 0.222 e. The summed E-state index contributed by atoms with van der Waals surface area (Å²) in [7, 11) is 1.49. The van der Waals surface area contributed by atoms with Crippen molar-refractivity contribution in [2.24, 2.45) is 0 Å². The fraction of sp³-hybridized carbons (Fsp3) is 0.100. The van der Waals surface area contributed by atoms with E-state index >= 15 is 0 Å². The summed E-state index contributed by atoms with van der Waals surface area (Å²) in [5.74, 6) is -0.165. The van der Waals surface area contributed by atoms with Gasteiger partial charge in [-0.2, -0.15) is 4.39 Å². The maximum atomic E-state index is 13.3. The van der Waals surface area contributed by atoms with Crippen molar-refractivity contribution in [2.75, 3.05) is 7.11 Å². The van der Waals surface area contributed by atoms with Crippen LogP contribution in [0, 0.1) is 5.95 Å². The lowest BCUT2D eigenvalue weighted by molar-refractivity contribution is 0.397. The van der Waals surface area contributed by atoms with Gasteiger partial charge in [0.15, 0.2) is 0 Å². The van der Waals surface area contributed by atoms with Crippen LogP contribution in [0.1, 0.15) is 0 Å². The van der Waals surface area contributed by atoms with Crippen LogP contribution in [0.4, 0.5) is 4.39 Å². The smallest absolute Gasteiger partial charge is 0.222 e. The van der Waals surface area contributed by atoms with E-state index in [4.69, 9.17) is 4.74 Å². The lowest BCUT2D eigenvalue weighted by Gasteiger charge is -2.02. The molecule has 0 aliphatic heterocycles. The van der Waals surface area contributed by atoms with E-state index in [1.165, 1.54) is 19.6 Å². The molecule has 0 radical (unpaired) electrons. The summed E-state index contributed by atoms with van der Waals surface area (Å²) >= 11 is 0. The topological polar surface area (TPSA) is 47.9 Å². The Morgan fingerprint density at radius 3 is 2.87 bits per heavy atom. The van der Waals surface area contributed by atoms with Crippen molar-refractivity contribution in [3.8, 4) is 17.1 Å². The quantitative estimate of drug-likeness (QED) is 0.700. The highest BCUT2D eigenvalue weighted by Gasteiger charge is 2.07. The molecule has 2 heterocycles. The van der Waals surface area contributed by atoms with Gasteiger partial charge in [0.05, 0.1) is 18.4 Å². The van der Waals surface area contributed by atoms with E-state index in [1.807, 2.05) is 0 Å². The summed E-state index contributed by atoms with van der Waals surface area (Å²) in [6.07, 6.45) is 2.71. The molecular formula is C10H8FN3O. The van der Waals surface area contributed by atoms with Crippen molar-refractivity contribution in [1.29, 1.82) is 0 Å². The fourth-order valence-corrected chi connectivity index (χ4v) is 1.18. The van der Waals surface area contributed by atoms with Gasteiger partial charge in [0.1, 0.15) is 6.33 Å². The zero-order valence-corrected chi connectivity index (χ0v) is 8.01. The highest BCUT2D eigenvalue weighted by Crippen LogP contribution is 2.20. The van der Waals surface area contributed by atoms with Crippen molar-refractivity contribution >= 4 is 0 Å². The molecular weight excluding hydrogens is 197 g/mol. The summed E-state index contributed by atoms with van der Waals surface area (Å²) in [6.45, 7) is 0. The second-order valence-electron chi connectivity index (χ2n) is 2.79. The Bertz CT molecular complexity index is 476. The molecule has 0 aliphatic rings. The highest BCUT2D eigenvalue weighted by atomic mass is 19.1. The zero-order chi connectivity index (χ0) is 10.7. The average molecular weight is 205 g/mol. The zero-order valence-electron chi connectivity index (χ0n) is 8.01. The predicted molar refractivity (Wildman–Crippen MR) is 51.8 cm³/mol. The molecule has 0 atom stereocenters. The van der Waals surface area contributed by atoms with Crippen LogP contribution in [0.15, 0.2) is 30.7 Å². The van der Waals surface area contributed by atoms with E-state index < -0.39 is 5.95 Å². The van der Waals surface area contributed by atoms with Crippen molar-refractivity contribution in [3.63, 3.8) is 0 Å². The molecule has 4 nitrogen and oxygen atoms in total. The molecule has 2 aromatic heterocycles. The lowest BCUT2D eigenvalue weighted by Crippen LogP contribution is -1.93. The first-order valence-corrected chi connectivity index (χ1v) is 4.28. The summed E-state index contributed by atoms with van der Waals surface area (Å²) in [4.78, 5) is 11.3. The monoisotopic (exact) mass is 205 g/mol. The Balaban J connectivity index is 2.49. The normalized spacial score (nSPS) is 10.0. The van der Waals surface area contributed by atoms with E-state index in [0.717, 1.165) is 0 Å². The third-order valence-corrected chi connectivity index (χ3v) is 1.89. The second kappa shape index (κ2) is 4.00. The molecule has 0 N–H and O–H groups in total. The number of ether oxygens (including phenoxy) is 1. The van der Waals surface area contributed by atoms with Crippen LogP contribution < -0.4 is 4.74 Å². The van der Waals surface area contributed by atoms with Crippen molar-refractivity contribution in [2.45, 2.75) is 0 Å². The van der Waals surface area contributed by atoms with Crippen LogP contribution in [0.5, 0.6) is 5.88 Å². The molecule has 2 rings (SSSR count). The SMILES string of the molecule is COc1cc(-c2cccnc2F)ncn1. The molecule has 5 heteroatoms. The van der Waals surface area contributed by atoms with E-state index in [9.17, 15) is 4.39 Å². The van der Waals surface area contributed by atoms with Crippen LogP contribution in [0.2, 0.25) is 0 Å². The molecule has 0 fully saturated rings. The van der Waals surface area contributed by atoms with E-state index in [2.05, 4.69) is 15.0 Å². The number of nitrogens with zero attached hydrogens (tertiary/aromatic N) is 3. The second-order valence-corrected chi connectivity index (χ2v) is 2.79. The third kappa shape index (κ3) is 1.90. The predicted octanol–water partition coefficient (Wildman–Crippen LogP) is 1.69. The van der Waals surface area contributed by atoms with Crippen molar-refractivity contribution in [1.82, 2.24) is 15.0 Å². The van der Waals surface area contributed by atoms with E-state index in [0.29, 0.717) is 17.1 Å². The van der Waals surface area contributed by atoms with Gasteiger partial charge in [0.25, 0.3) is 0 Å². The molecule has 0 bridgehead atoms. The standard InChI is InChI=1S/C10H8FN3O/c1-15-9-5-8(13-6-14-9)7-3-2-4-12-10(7)11/h2-6H,1H3. The Morgan fingerprint density at radius 2 is 2.13 bits per heavy atom. The maximum absolute atomic E-state index is 13.3. The molecule has 0 amide bonds. The molecule has 0 saturated heterocycles. The Morgan fingerprint density at radius 1 is 1.27 bits per heavy atom. The summed E-state index contributed by atoms with van der Waals surface area (Å²) in [5, 5.41) is 0. The number of methoxy groups -OCH3 is 1. The van der Waals surface area contributed by atoms with Crippen LogP contribution >= 0.6 is 0 Å². The van der Waals surface area contributed by atoms with Gasteiger partial charge in [-0.15, -0.1) is 0 Å². The van der Waals surface area contributed by atoms with Crippen LogP contribution in [-0.2, 0) is 0 Å². The molecule has 2 aromatic rings. The molecule has 0 aliphatic carbocycles. The number of halogens is 1. The molecule has 0 aromatic carbocycles. The number of hydrogen-bond donors (Lipinski definition) is 0. The van der Waals surface area contributed by atoms with Gasteiger partial charge < -0.3 is 4.74 Å². The minimum Gasteiger partial charge on any atom is -0.481 e. The Labute approximate surface area is 85.8 Å². The number of pyridine rings is 1. The first-order chi connectivity index (χ1) is 7.31. The number of rotatable bonds is 2. The van der Waals surface area contributed by atoms with Gasteiger partial charge in [0, 0.05) is 12.3 Å². The molecule has 0 spiro atoms. The van der Waals surface area contributed by atoms with E-state index in [1.54, 1.807) is 18.2 Å². The van der Waals surface area contributed by atoms with Gasteiger partial charge in [0.2, 0.25) is 11.8 Å². The van der Waals surface area contributed by atoms with Gasteiger partial charge >= 0.3 is 0 Å². The van der Waals surface area contributed by atoms with Crippen molar-refractivity contribution < 1.29 is 9.13 Å². The largest absolute Gasteiger partial charge is 0.481 e.